The van der Waals surface area contributed by atoms with E-state index >= 15 is 0 Å². The molecule has 0 aromatic heterocycles. The van der Waals surface area contributed by atoms with Gasteiger partial charge in [-0.05, 0) is 37.2 Å². The minimum absolute atomic E-state index is 0.0443. The molecule has 2 rings (SSSR count). The number of Topliss-reactive ketones (excluding diaryl/α,β-unsaturated/α-hetero) is 1. The maximum atomic E-state index is 12.8. The lowest BCUT2D eigenvalue weighted by atomic mass is 10.1. The van der Waals surface area contributed by atoms with Crippen LogP contribution in [0, 0.1) is 5.82 Å². The summed E-state index contributed by atoms with van der Waals surface area (Å²) in [7, 11) is -2.92. The molecule has 0 radical (unpaired) electrons. The number of sulfone groups is 1. The Morgan fingerprint density at radius 3 is 2.55 bits per heavy atom. The van der Waals surface area contributed by atoms with Crippen LogP contribution in [0.15, 0.2) is 24.3 Å². The number of halogens is 1. The van der Waals surface area contributed by atoms with Crippen LogP contribution in [0.3, 0.4) is 0 Å². The molecular formula is C14H18FNO3S. The highest BCUT2D eigenvalue weighted by Gasteiger charge is 2.19. The molecule has 0 N–H and O–H groups in total. The predicted octanol–water partition coefficient (Wildman–Crippen LogP) is 1.52. The molecule has 4 nitrogen and oxygen atoms in total. The molecule has 0 atom stereocenters. The van der Waals surface area contributed by atoms with Crippen molar-refractivity contribution in [2.24, 2.45) is 0 Å². The average Bonchev–Trinajstić information content (AvgIpc) is 2.58. The van der Waals surface area contributed by atoms with Gasteiger partial charge in [-0.2, -0.15) is 0 Å². The average molecular weight is 299 g/mol. The Morgan fingerprint density at radius 1 is 1.15 bits per heavy atom. The zero-order valence-electron chi connectivity index (χ0n) is 11.2. The molecular weight excluding hydrogens is 281 g/mol. The van der Waals surface area contributed by atoms with Gasteiger partial charge in [0.05, 0.1) is 11.5 Å². The van der Waals surface area contributed by atoms with E-state index in [2.05, 4.69) is 0 Å². The first kappa shape index (κ1) is 15.1. The van der Waals surface area contributed by atoms with E-state index in [9.17, 15) is 17.6 Å². The van der Waals surface area contributed by atoms with E-state index in [4.69, 9.17) is 0 Å². The molecule has 0 aliphatic carbocycles. The van der Waals surface area contributed by atoms with E-state index in [1.807, 2.05) is 4.90 Å². The first-order chi connectivity index (χ1) is 9.46. The molecule has 110 valence electrons. The van der Waals surface area contributed by atoms with Gasteiger partial charge in [0, 0.05) is 25.1 Å². The summed E-state index contributed by atoms with van der Waals surface area (Å²) in [6.07, 6.45) is 0.943. The third-order valence-electron chi connectivity index (χ3n) is 3.47. The smallest absolute Gasteiger partial charge is 0.164 e. The van der Waals surface area contributed by atoms with Crippen LogP contribution in [0.4, 0.5) is 4.39 Å². The summed E-state index contributed by atoms with van der Waals surface area (Å²) < 4.78 is 35.7. The molecule has 0 unspecified atom stereocenters. The van der Waals surface area contributed by atoms with Gasteiger partial charge < -0.3 is 4.90 Å². The quantitative estimate of drug-likeness (QED) is 0.791. The van der Waals surface area contributed by atoms with Crippen LogP contribution in [0.25, 0.3) is 0 Å². The monoisotopic (exact) mass is 299 g/mol. The molecule has 0 saturated carbocycles. The lowest BCUT2D eigenvalue weighted by Gasteiger charge is -2.18. The third kappa shape index (κ3) is 4.38. The van der Waals surface area contributed by atoms with E-state index < -0.39 is 9.84 Å². The Hall–Kier alpha value is -1.27. The minimum atomic E-state index is -2.92. The molecule has 0 spiro atoms. The molecule has 0 bridgehead atoms. The van der Waals surface area contributed by atoms with Gasteiger partial charge in [-0.25, -0.2) is 12.8 Å². The third-order valence-corrected chi connectivity index (χ3v) is 5.18. The Morgan fingerprint density at radius 2 is 1.85 bits per heavy atom. The molecule has 20 heavy (non-hydrogen) atoms. The highest BCUT2D eigenvalue weighted by Crippen LogP contribution is 2.09. The summed E-state index contributed by atoms with van der Waals surface area (Å²) in [4.78, 5) is 14.0. The number of ketones is 1. The summed E-state index contributed by atoms with van der Waals surface area (Å²) >= 11 is 0. The van der Waals surface area contributed by atoms with Crippen molar-refractivity contribution < 1.29 is 17.6 Å². The van der Waals surface area contributed by atoms with E-state index in [1.165, 1.54) is 24.3 Å². The Balaban J connectivity index is 1.86. The maximum Gasteiger partial charge on any atom is 0.164 e. The fourth-order valence-electron chi connectivity index (χ4n) is 2.25. The predicted molar refractivity (Wildman–Crippen MR) is 75.1 cm³/mol. The van der Waals surface area contributed by atoms with Crippen LogP contribution < -0.4 is 0 Å². The molecule has 1 heterocycles. The molecule has 1 saturated heterocycles. The summed E-state index contributed by atoms with van der Waals surface area (Å²) in [6.45, 7) is 1.74. The van der Waals surface area contributed by atoms with E-state index in [0.29, 0.717) is 38.0 Å². The minimum Gasteiger partial charge on any atom is -0.302 e. The molecule has 1 aromatic carbocycles. The fraction of sp³-hybridized carbons (Fsp3) is 0.500. The van der Waals surface area contributed by atoms with Crippen molar-refractivity contribution in [3.63, 3.8) is 0 Å². The maximum absolute atomic E-state index is 12.8. The van der Waals surface area contributed by atoms with Crippen molar-refractivity contribution >= 4 is 15.6 Å². The Labute approximate surface area is 118 Å². The van der Waals surface area contributed by atoms with Crippen molar-refractivity contribution in [1.82, 2.24) is 4.90 Å². The standard InChI is InChI=1S/C14H18FNO3S/c15-13-4-2-12(3-5-13)14(17)6-8-16-7-1-10-20(18,19)11-9-16/h2-5H,1,6-11H2. The molecule has 1 aliphatic rings. The van der Waals surface area contributed by atoms with E-state index in [0.717, 1.165) is 0 Å². The van der Waals surface area contributed by atoms with Crippen molar-refractivity contribution in [2.45, 2.75) is 12.8 Å². The first-order valence-electron chi connectivity index (χ1n) is 6.68. The van der Waals surface area contributed by atoms with Crippen LogP contribution in [-0.4, -0.2) is 50.2 Å². The van der Waals surface area contributed by atoms with Crippen molar-refractivity contribution in [3.8, 4) is 0 Å². The zero-order valence-corrected chi connectivity index (χ0v) is 12.0. The second-order valence-electron chi connectivity index (χ2n) is 5.03. The summed E-state index contributed by atoms with van der Waals surface area (Å²) in [6, 6.07) is 5.49. The van der Waals surface area contributed by atoms with E-state index in [-0.39, 0.29) is 23.1 Å². The van der Waals surface area contributed by atoms with Gasteiger partial charge in [0.25, 0.3) is 0 Å². The Kier molecular flexibility index (Phi) is 4.88. The van der Waals surface area contributed by atoms with Gasteiger partial charge in [-0.3, -0.25) is 4.79 Å². The highest BCUT2D eigenvalue weighted by atomic mass is 32.2. The van der Waals surface area contributed by atoms with Crippen LogP contribution in [0.1, 0.15) is 23.2 Å². The molecule has 1 fully saturated rings. The lowest BCUT2D eigenvalue weighted by Crippen LogP contribution is -2.29. The molecule has 6 heteroatoms. The number of rotatable bonds is 4. The number of benzene rings is 1. The summed E-state index contributed by atoms with van der Waals surface area (Å²) in [5.41, 5.74) is 0.494. The summed E-state index contributed by atoms with van der Waals surface area (Å²) in [5, 5.41) is 0. The van der Waals surface area contributed by atoms with Gasteiger partial charge in [0.1, 0.15) is 5.82 Å². The number of hydrogen-bond donors (Lipinski definition) is 0. The van der Waals surface area contributed by atoms with Gasteiger partial charge in [0.2, 0.25) is 0 Å². The van der Waals surface area contributed by atoms with Gasteiger partial charge in [-0.15, -0.1) is 0 Å². The van der Waals surface area contributed by atoms with Crippen LogP contribution in [-0.2, 0) is 9.84 Å². The van der Waals surface area contributed by atoms with E-state index in [1.54, 1.807) is 0 Å². The number of hydrogen-bond acceptors (Lipinski definition) is 4. The highest BCUT2D eigenvalue weighted by molar-refractivity contribution is 7.91. The number of carbonyl (C=O) groups excluding carboxylic acids is 1. The van der Waals surface area contributed by atoms with Gasteiger partial charge in [0.15, 0.2) is 15.6 Å². The second kappa shape index (κ2) is 6.45. The van der Waals surface area contributed by atoms with Crippen LogP contribution in [0.5, 0.6) is 0 Å². The first-order valence-corrected chi connectivity index (χ1v) is 8.50. The normalized spacial score (nSPS) is 19.4. The van der Waals surface area contributed by atoms with Crippen molar-refractivity contribution in [3.05, 3.63) is 35.6 Å². The lowest BCUT2D eigenvalue weighted by molar-refractivity contribution is 0.0966. The SMILES string of the molecule is O=C(CCN1CCCS(=O)(=O)CC1)c1ccc(F)cc1. The molecule has 0 amide bonds. The largest absolute Gasteiger partial charge is 0.302 e. The fourth-order valence-corrected chi connectivity index (χ4v) is 3.56. The zero-order chi connectivity index (χ0) is 14.6. The topological polar surface area (TPSA) is 54.5 Å². The molecule has 1 aromatic rings. The van der Waals surface area contributed by atoms with Gasteiger partial charge in [-0.1, -0.05) is 0 Å². The number of nitrogens with zero attached hydrogens (tertiary/aromatic N) is 1. The van der Waals surface area contributed by atoms with Gasteiger partial charge >= 0.3 is 0 Å². The molecule has 1 aliphatic heterocycles. The van der Waals surface area contributed by atoms with Crippen LogP contribution >= 0.6 is 0 Å². The van der Waals surface area contributed by atoms with Crippen LogP contribution in [0.2, 0.25) is 0 Å². The summed E-state index contributed by atoms with van der Waals surface area (Å²) in [5.74, 6) is -0.0102. The number of carbonyl (C=O) groups is 1. The van der Waals surface area contributed by atoms with Crippen molar-refractivity contribution in [1.29, 1.82) is 0 Å². The van der Waals surface area contributed by atoms with Crippen molar-refractivity contribution in [2.75, 3.05) is 31.1 Å². The Bertz CT molecular complexity index is 569. The second-order valence-corrected chi connectivity index (χ2v) is 7.33.